The van der Waals surface area contributed by atoms with Crippen molar-refractivity contribution in [1.29, 1.82) is 0 Å². The molecule has 8 heteroatoms. The summed E-state index contributed by atoms with van der Waals surface area (Å²) in [4.78, 5) is 12.1. The van der Waals surface area contributed by atoms with Crippen molar-refractivity contribution in [3.63, 3.8) is 0 Å². The lowest BCUT2D eigenvalue weighted by molar-refractivity contribution is -0.118. The molecule has 0 spiro atoms. The largest absolute Gasteiger partial charge is 0.302 e. The number of hydrogen-bond donors (Lipinski definition) is 1. The zero-order valence-corrected chi connectivity index (χ0v) is 17.2. The molecule has 0 aliphatic heterocycles. The molecule has 0 radical (unpaired) electrons. The van der Waals surface area contributed by atoms with Crippen molar-refractivity contribution in [2.75, 3.05) is 5.75 Å². The van der Waals surface area contributed by atoms with Crippen LogP contribution in [0, 0.1) is 6.92 Å². The first-order valence-corrected chi connectivity index (χ1v) is 10.1. The van der Waals surface area contributed by atoms with Crippen LogP contribution >= 0.6 is 23.4 Å². The van der Waals surface area contributed by atoms with E-state index in [-0.39, 0.29) is 11.7 Å². The highest BCUT2D eigenvalue weighted by Crippen LogP contribution is 2.24. The third-order valence-electron chi connectivity index (χ3n) is 3.91. The van der Waals surface area contributed by atoms with Crippen LogP contribution in [0.3, 0.4) is 0 Å². The zero-order valence-electron chi connectivity index (χ0n) is 15.6. The fourth-order valence-corrected chi connectivity index (χ4v) is 3.51. The molecule has 28 heavy (non-hydrogen) atoms. The molecule has 0 aliphatic carbocycles. The maximum atomic E-state index is 12.1. The zero-order chi connectivity index (χ0) is 19.9. The molecule has 0 unspecified atom stereocenters. The van der Waals surface area contributed by atoms with Crippen molar-refractivity contribution < 1.29 is 4.79 Å². The number of nitrogens with one attached hydrogen (secondary N) is 1. The van der Waals surface area contributed by atoms with Gasteiger partial charge in [0.25, 0.3) is 5.91 Å². The lowest BCUT2D eigenvalue weighted by Crippen LogP contribution is -2.20. The summed E-state index contributed by atoms with van der Waals surface area (Å²) < 4.78 is 1.97. The predicted molar refractivity (Wildman–Crippen MR) is 114 cm³/mol. The second-order valence-corrected chi connectivity index (χ2v) is 7.43. The Morgan fingerprint density at radius 1 is 1.25 bits per heavy atom. The van der Waals surface area contributed by atoms with Gasteiger partial charge in [0.05, 0.1) is 12.0 Å². The van der Waals surface area contributed by atoms with Gasteiger partial charge < -0.3 is 4.57 Å². The van der Waals surface area contributed by atoms with E-state index in [2.05, 4.69) is 20.7 Å². The van der Waals surface area contributed by atoms with E-state index in [4.69, 9.17) is 11.6 Å². The number of thioether (sulfide) groups is 1. The average Bonchev–Trinajstić information content (AvgIpc) is 3.10. The Kier molecular flexibility index (Phi) is 6.84. The number of carbonyl (C=O) groups is 1. The van der Waals surface area contributed by atoms with Gasteiger partial charge in [0.1, 0.15) is 0 Å². The van der Waals surface area contributed by atoms with E-state index in [1.54, 1.807) is 6.21 Å². The maximum Gasteiger partial charge on any atom is 0.250 e. The molecule has 0 atom stereocenters. The van der Waals surface area contributed by atoms with Gasteiger partial charge in [-0.25, -0.2) is 5.43 Å². The van der Waals surface area contributed by atoms with Crippen molar-refractivity contribution in [3.05, 3.63) is 64.7 Å². The molecule has 0 bridgehead atoms. The fraction of sp³-hybridized carbons (Fsp3) is 0.200. The van der Waals surface area contributed by atoms with Crippen LogP contribution in [0.25, 0.3) is 11.4 Å². The Morgan fingerprint density at radius 2 is 2.04 bits per heavy atom. The van der Waals surface area contributed by atoms with Crippen LogP contribution in [0.2, 0.25) is 5.02 Å². The molecule has 1 amide bonds. The third-order valence-corrected chi connectivity index (χ3v) is 5.13. The fourth-order valence-electron chi connectivity index (χ4n) is 2.58. The molecule has 2 aromatic carbocycles. The van der Waals surface area contributed by atoms with Crippen LogP contribution in [0.5, 0.6) is 0 Å². The van der Waals surface area contributed by atoms with Gasteiger partial charge in [-0.1, -0.05) is 53.2 Å². The van der Waals surface area contributed by atoms with E-state index in [0.29, 0.717) is 16.7 Å². The van der Waals surface area contributed by atoms with Crippen LogP contribution in [0.1, 0.15) is 18.1 Å². The Balaban J connectivity index is 1.59. The van der Waals surface area contributed by atoms with Crippen LogP contribution in [-0.2, 0) is 11.3 Å². The van der Waals surface area contributed by atoms with Gasteiger partial charge in [0, 0.05) is 17.1 Å². The summed E-state index contributed by atoms with van der Waals surface area (Å²) in [5.74, 6) is 0.747. The lowest BCUT2D eigenvalue weighted by atomic mass is 10.2. The van der Waals surface area contributed by atoms with Gasteiger partial charge in [0.15, 0.2) is 11.0 Å². The number of carbonyl (C=O) groups excluding carboxylic acids is 1. The van der Waals surface area contributed by atoms with Gasteiger partial charge in [-0.3, -0.25) is 4.79 Å². The van der Waals surface area contributed by atoms with Crippen LogP contribution in [0.15, 0.2) is 58.8 Å². The van der Waals surface area contributed by atoms with E-state index in [0.717, 1.165) is 22.5 Å². The van der Waals surface area contributed by atoms with E-state index in [9.17, 15) is 4.79 Å². The summed E-state index contributed by atoms with van der Waals surface area (Å²) >= 11 is 7.27. The number of rotatable bonds is 7. The van der Waals surface area contributed by atoms with E-state index in [1.807, 2.05) is 66.9 Å². The first kappa shape index (κ1) is 20.1. The standard InChI is InChI=1S/C20H20ClN5OS/c1-3-26-19(16-7-9-17(21)10-8-16)24-25-20(26)28-13-18(27)23-22-12-15-6-4-5-14(2)11-15/h4-12H,3,13H2,1-2H3,(H,23,27)/b22-12+. The van der Waals surface area contributed by atoms with E-state index in [1.165, 1.54) is 11.8 Å². The Bertz CT molecular complexity index is 985. The molecule has 1 aromatic heterocycles. The molecule has 144 valence electrons. The molecule has 0 aliphatic rings. The predicted octanol–water partition coefficient (Wildman–Crippen LogP) is 4.17. The van der Waals surface area contributed by atoms with Gasteiger partial charge >= 0.3 is 0 Å². The summed E-state index contributed by atoms with van der Waals surface area (Å²) in [6.07, 6.45) is 1.63. The van der Waals surface area contributed by atoms with Crippen molar-refractivity contribution in [3.8, 4) is 11.4 Å². The number of aryl methyl sites for hydroxylation is 1. The Hall–Kier alpha value is -2.64. The Labute approximate surface area is 173 Å². The highest BCUT2D eigenvalue weighted by atomic mass is 35.5. The first-order chi connectivity index (χ1) is 13.6. The molecule has 0 fully saturated rings. The van der Waals surface area contributed by atoms with Crippen molar-refractivity contribution in [1.82, 2.24) is 20.2 Å². The summed E-state index contributed by atoms with van der Waals surface area (Å²) in [7, 11) is 0. The number of benzene rings is 2. The number of hydrazone groups is 1. The minimum atomic E-state index is -0.201. The summed E-state index contributed by atoms with van der Waals surface area (Å²) in [5, 5.41) is 13.8. The van der Waals surface area contributed by atoms with Gasteiger partial charge in [-0.15, -0.1) is 10.2 Å². The molecule has 1 heterocycles. The van der Waals surface area contributed by atoms with Gasteiger partial charge in [-0.05, 0) is 43.7 Å². The maximum absolute atomic E-state index is 12.1. The van der Waals surface area contributed by atoms with Gasteiger partial charge in [0.2, 0.25) is 0 Å². The number of nitrogens with zero attached hydrogens (tertiary/aromatic N) is 4. The molecular formula is C20H20ClN5OS. The second kappa shape index (κ2) is 9.52. The molecule has 0 saturated heterocycles. The Morgan fingerprint density at radius 3 is 2.75 bits per heavy atom. The highest BCUT2D eigenvalue weighted by Gasteiger charge is 2.14. The molecule has 3 aromatic rings. The third kappa shape index (κ3) is 5.21. The monoisotopic (exact) mass is 413 g/mol. The molecule has 1 N–H and O–H groups in total. The highest BCUT2D eigenvalue weighted by molar-refractivity contribution is 7.99. The minimum Gasteiger partial charge on any atom is -0.302 e. The van der Waals surface area contributed by atoms with Crippen LogP contribution in [0.4, 0.5) is 0 Å². The normalized spacial score (nSPS) is 11.1. The van der Waals surface area contributed by atoms with Crippen molar-refractivity contribution >= 4 is 35.5 Å². The van der Waals surface area contributed by atoms with E-state index >= 15 is 0 Å². The minimum absolute atomic E-state index is 0.198. The number of amides is 1. The topological polar surface area (TPSA) is 72.2 Å². The quantitative estimate of drug-likeness (QED) is 0.358. The van der Waals surface area contributed by atoms with Crippen molar-refractivity contribution in [2.24, 2.45) is 5.10 Å². The molecule has 6 nitrogen and oxygen atoms in total. The summed E-state index contributed by atoms with van der Waals surface area (Å²) in [6, 6.07) is 15.3. The van der Waals surface area contributed by atoms with Crippen molar-refractivity contribution in [2.45, 2.75) is 25.5 Å². The lowest BCUT2D eigenvalue weighted by Gasteiger charge is -2.07. The number of halogens is 1. The number of hydrogen-bond acceptors (Lipinski definition) is 5. The number of aromatic nitrogens is 3. The van der Waals surface area contributed by atoms with Gasteiger partial charge in [-0.2, -0.15) is 5.10 Å². The summed E-state index contributed by atoms with van der Waals surface area (Å²) in [5.41, 5.74) is 5.55. The van der Waals surface area contributed by atoms with Crippen LogP contribution in [-0.4, -0.2) is 32.6 Å². The SMILES string of the molecule is CCn1c(SCC(=O)N/N=C/c2cccc(C)c2)nnc1-c1ccc(Cl)cc1. The first-order valence-electron chi connectivity index (χ1n) is 8.77. The smallest absolute Gasteiger partial charge is 0.250 e. The van der Waals surface area contributed by atoms with Crippen LogP contribution < -0.4 is 5.43 Å². The average molecular weight is 414 g/mol. The molecule has 0 saturated carbocycles. The summed E-state index contributed by atoms with van der Waals surface area (Å²) in [6.45, 7) is 4.72. The second-order valence-electron chi connectivity index (χ2n) is 6.05. The molecular weight excluding hydrogens is 394 g/mol. The van der Waals surface area contributed by atoms with E-state index < -0.39 is 0 Å². The molecule has 3 rings (SSSR count).